The van der Waals surface area contributed by atoms with Crippen LogP contribution < -0.4 is 0 Å². The zero-order valence-electron chi connectivity index (χ0n) is 8.45. The monoisotopic (exact) mass is 269 g/mol. The fourth-order valence-corrected chi connectivity index (χ4v) is 1.79. The molecule has 0 atom stereocenters. The van der Waals surface area contributed by atoms with Crippen molar-refractivity contribution < 1.29 is 9.18 Å². The lowest BCUT2D eigenvalue weighted by Gasteiger charge is -2.05. The van der Waals surface area contributed by atoms with Gasteiger partial charge in [-0.3, -0.25) is 4.79 Å². The Kier molecular flexibility index (Phi) is 3.41. The van der Waals surface area contributed by atoms with Gasteiger partial charge in [0.05, 0.1) is 15.7 Å². The topological polar surface area (TPSA) is 30.0 Å². The lowest BCUT2D eigenvalue weighted by Crippen LogP contribution is -1.95. The average molecular weight is 270 g/mol. The second kappa shape index (κ2) is 4.82. The minimum atomic E-state index is -0.665. The Hall–Kier alpha value is -1.45. The Balaban J connectivity index is 2.61. The highest BCUT2D eigenvalue weighted by molar-refractivity contribution is 6.43. The molecule has 2 nitrogen and oxygen atoms in total. The van der Waals surface area contributed by atoms with Gasteiger partial charge in [0.25, 0.3) is 0 Å². The van der Waals surface area contributed by atoms with E-state index >= 15 is 0 Å². The number of rotatable bonds is 2. The van der Waals surface area contributed by atoms with Crippen molar-refractivity contribution in [3.63, 3.8) is 0 Å². The number of carbonyl (C=O) groups is 1. The molecule has 0 aliphatic carbocycles. The second-order valence-electron chi connectivity index (χ2n) is 3.28. The molecule has 5 heteroatoms. The van der Waals surface area contributed by atoms with Gasteiger partial charge in [0.15, 0.2) is 12.1 Å². The van der Waals surface area contributed by atoms with Crippen LogP contribution in [-0.4, -0.2) is 11.3 Å². The van der Waals surface area contributed by atoms with Crippen LogP contribution >= 0.6 is 23.2 Å². The summed E-state index contributed by atoms with van der Waals surface area (Å²) < 4.78 is 13.1. The van der Waals surface area contributed by atoms with E-state index in [1.54, 1.807) is 18.2 Å². The number of hydrogen-bond donors (Lipinski definition) is 0. The summed E-state index contributed by atoms with van der Waals surface area (Å²) >= 11 is 11.9. The Labute approximate surface area is 107 Å². The first-order chi connectivity index (χ1) is 8.13. The molecule has 0 N–H and O–H groups in total. The molecule has 0 bridgehead atoms. The van der Waals surface area contributed by atoms with Gasteiger partial charge in [-0.05, 0) is 18.2 Å². The van der Waals surface area contributed by atoms with Crippen LogP contribution in [0, 0.1) is 5.82 Å². The molecule has 1 aromatic heterocycles. The maximum Gasteiger partial charge on any atom is 0.171 e. The number of halogens is 3. The van der Waals surface area contributed by atoms with Gasteiger partial charge in [-0.15, -0.1) is 0 Å². The molecule has 86 valence electrons. The normalized spacial score (nSPS) is 10.3. The third-order valence-corrected chi connectivity index (χ3v) is 3.03. The van der Waals surface area contributed by atoms with Gasteiger partial charge >= 0.3 is 0 Å². The smallest absolute Gasteiger partial charge is 0.171 e. The maximum absolute atomic E-state index is 13.1. The van der Waals surface area contributed by atoms with Crippen LogP contribution in [0.15, 0.2) is 30.3 Å². The number of aromatic nitrogens is 1. The summed E-state index contributed by atoms with van der Waals surface area (Å²) in [5.41, 5.74) is 0.710. The zero-order chi connectivity index (χ0) is 12.4. The molecule has 1 heterocycles. The van der Waals surface area contributed by atoms with E-state index in [2.05, 4.69) is 4.98 Å². The summed E-state index contributed by atoms with van der Waals surface area (Å²) in [6, 6.07) is 7.65. The maximum atomic E-state index is 13.1. The average Bonchev–Trinajstić information content (AvgIpc) is 2.34. The summed E-state index contributed by atoms with van der Waals surface area (Å²) in [5.74, 6) is -0.665. The zero-order valence-corrected chi connectivity index (χ0v) is 9.97. The summed E-state index contributed by atoms with van der Waals surface area (Å²) in [6.07, 6.45) is 0.358. The fourth-order valence-electron chi connectivity index (χ4n) is 1.39. The number of nitrogens with zero attached hydrogens (tertiary/aromatic N) is 1. The van der Waals surface area contributed by atoms with Crippen molar-refractivity contribution in [2.75, 3.05) is 0 Å². The highest BCUT2D eigenvalue weighted by Crippen LogP contribution is 2.32. The van der Waals surface area contributed by atoms with Crippen molar-refractivity contribution >= 4 is 29.5 Å². The van der Waals surface area contributed by atoms with Crippen LogP contribution in [0.3, 0.4) is 0 Å². The molecule has 0 saturated carbocycles. The molecule has 17 heavy (non-hydrogen) atoms. The molecule has 0 saturated heterocycles. The summed E-state index contributed by atoms with van der Waals surface area (Å²) in [5, 5.41) is 0.702. The Morgan fingerprint density at radius 2 is 1.94 bits per heavy atom. The molecule has 0 fully saturated rings. The Morgan fingerprint density at radius 1 is 1.18 bits per heavy atom. The lowest BCUT2D eigenvalue weighted by atomic mass is 10.1. The standard InChI is InChI=1S/C12H6Cl2FNO/c13-8-3-1-2-7(12(8)14)10-5-4-9(15)11(6-17)16-10/h1-6H. The van der Waals surface area contributed by atoms with Gasteiger partial charge in [0.1, 0.15) is 5.69 Å². The van der Waals surface area contributed by atoms with Gasteiger partial charge in [0.2, 0.25) is 0 Å². The minimum Gasteiger partial charge on any atom is -0.296 e. The van der Waals surface area contributed by atoms with Crippen molar-refractivity contribution in [2.24, 2.45) is 0 Å². The second-order valence-corrected chi connectivity index (χ2v) is 4.07. The first-order valence-corrected chi connectivity index (χ1v) is 5.45. The predicted molar refractivity (Wildman–Crippen MR) is 65.0 cm³/mol. The molecule has 0 aliphatic heterocycles. The van der Waals surface area contributed by atoms with Crippen LogP contribution in [-0.2, 0) is 0 Å². The van der Waals surface area contributed by atoms with Gasteiger partial charge in [-0.25, -0.2) is 9.37 Å². The van der Waals surface area contributed by atoms with Crippen molar-refractivity contribution in [3.05, 3.63) is 51.9 Å². The van der Waals surface area contributed by atoms with Gasteiger partial charge in [-0.1, -0.05) is 35.3 Å². The quantitative estimate of drug-likeness (QED) is 0.772. The van der Waals surface area contributed by atoms with Crippen molar-refractivity contribution in [1.82, 2.24) is 4.98 Å². The van der Waals surface area contributed by atoms with E-state index < -0.39 is 5.82 Å². The molecule has 0 radical (unpaired) electrons. The number of benzene rings is 1. The molecular formula is C12H6Cl2FNO. The van der Waals surface area contributed by atoms with E-state index in [1.807, 2.05) is 0 Å². The highest BCUT2D eigenvalue weighted by atomic mass is 35.5. The summed E-state index contributed by atoms with van der Waals surface area (Å²) in [6.45, 7) is 0. The van der Waals surface area contributed by atoms with Crippen LogP contribution in [0.4, 0.5) is 4.39 Å². The Bertz CT molecular complexity index is 587. The van der Waals surface area contributed by atoms with E-state index in [0.29, 0.717) is 27.6 Å². The minimum absolute atomic E-state index is 0.251. The van der Waals surface area contributed by atoms with E-state index in [0.717, 1.165) is 0 Å². The van der Waals surface area contributed by atoms with E-state index in [1.165, 1.54) is 12.1 Å². The molecule has 2 rings (SSSR count). The number of hydrogen-bond acceptors (Lipinski definition) is 2. The molecule has 0 spiro atoms. The van der Waals surface area contributed by atoms with Crippen LogP contribution in [0.1, 0.15) is 10.5 Å². The van der Waals surface area contributed by atoms with Gasteiger partial charge in [0, 0.05) is 5.56 Å². The van der Waals surface area contributed by atoms with E-state index in [4.69, 9.17) is 23.2 Å². The Morgan fingerprint density at radius 3 is 2.65 bits per heavy atom. The predicted octanol–water partition coefficient (Wildman–Crippen LogP) is 4.01. The molecule has 0 amide bonds. The molecule has 0 unspecified atom stereocenters. The van der Waals surface area contributed by atoms with Gasteiger partial charge < -0.3 is 0 Å². The third kappa shape index (κ3) is 2.30. The molecule has 2 aromatic rings. The lowest BCUT2D eigenvalue weighted by molar-refractivity contribution is 0.111. The molecular weight excluding hydrogens is 264 g/mol. The van der Waals surface area contributed by atoms with E-state index in [9.17, 15) is 9.18 Å². The summed E-state index contributed by atoms with van der Waals surface area (Å²) in [4.78, 5) is 14.5. The van der Waals surface area contributed by atoms with Gasteiger partial charge in [-0.2, -0.15) is 0 Å². The van der Waals surface area contributed by atoms with Crippen molar-refractivity contribution in [1.29, 1.82) is 0 Å². The largest absolute Gasteiger partial charge is 0.296 e. The fraction of sp³-hybridized carbons (Fsp3) is 0. The number of carbonyl (C=O) groups excluding carboxylic acids is 1. The third-order valence-electron chi connectivity index (χ3n) is 2.21. The first kappa shape index (κ1) is 12.0. The van der Waals surface area contributed by atoms with Crippen LogP contribution in [0.2, 0.25) is 10.0 Å². The summed E-state index contributed by atoms with van der Waals surface area (Å²) in [7, 11) is 0. The van der Waals surface area contributed by atoms with Crippen LogP contribution in [0.25, 0.3) is 11.3 Å². The highest BCUT2D eigenvalue weighted by Gasteiger charge is 2.10. The van der Waals surface area contributed by atoms with Crippen LogP contribution in [0.5, 0.6) is 0 Å². The molecule has 0 aliphatic rings. The van der Waals surface area contributed by atoms with Crippen molar-refractivity contribution in [2.45, 2.75) is 0 Å². The van der Waals surface area contributed by atoms with E-state index in [-0.39, 0.29) is 5.69 Å². The first-order valence-electron chi connectivity index (χ1n) is 4.69. The SMILES string of the molecule is O=Cc1nc(-c2cccc(Cl)c2Cl)ccc1F. The molecule has 1 aromatic carbocycles. The van der Waals surface area contributed by atoms with Crippen molar-refractivity contribution in [3.8, 4) is 11.3 Å². The number of aldehydes is 1. The number of pyridine rings is 1.